The van der Waals surface area contributed by atoms with E-state index in [-0.39, 0.29) is 39.4 Å². The van der Waals surface area contributed by atoms with Crippen LogP contribution in [-0.2, 0) is 22.6 Å². The highest BCUT2D eigenvalue weighted by atomic mass is 32.2. The summed E-state index contributed by atoms with van der Waals surface area (Å²) in [7, 11) is -3.89. The Kier molecular flexibility index (Phi) is 6.34. The fraction of sp³-hybridized carbons (Fsp3) is 0.130. The van der Waals surface area contributed by atoms with E-state index in [2.05, 4.69) is 0 Å². The van der Waals surface area contributed by atoms with Crippen molar-refractivity contribution in [3.63, 3.8) is 0 Å². The number of alkyl halides is 3. The zero-order valence-corrected chi connectivity index (χ0v) is 17.6. The third-order valence-corrected chi connectivity index (χ3v) is 6.00. The van der Waals surface area contributed by atoms with Crippen molar-refractivity contribution < 1.29 is 31.2 Å². The van der Waals surface area contributed by atoms with Crippen molar-refractivity contribution in [2.75, 3.05) is 0 Å². The molecule has 3 aromatic carbocycles. The lowest BCUT2D eigenvalue weighted by molar-refractivity contribution is -0.137. The van der Waals surface area contributed by atoms with Gasteiger partial charge in [0.1, 0.15) is 0 Å². The second kappa shape index (κ2) is 8.68. The van der Waals surface area contributed by atoms with Crippen molar-refractivity contribution in [3.8, 4) is 11.1 Å². The van der Waals surface area contributed by atoms with Crippen LogP contribution in [0.15, 0.2) is 65.6 Å². The Morgan fingerprint density at radius 1 is 1.00 bits per heavy atom. The van der Waals surface area contributed by atoms with E-state index < -0.39 is 21.8 Å². The molecule has 0 saturated carbocycles. The third-order valence-electron chi connectivity index (χ3n) is 4.93. The Labute approximate surface area is 182 Å². The largest absolute Gasteiger partial charge is 0.417 e. The van der Waals surface area contributed by atoms with Gasteiger partial charge < -0.3 is 0 Å². The summed E-state index contributed by atoms with van der Waals surface area (Å²) >= 11 is 0. The molecule has 3 rings (SSSR count). The monoisotopic (exact) mass is 461 g/mol. The summed E-state index contributed by atoms with van der Waals surface area (Å²) in [6.07, 6.45) is -4.29. The maximum absolute atomic E-state index is 13.4. The molecule has 2 N–H and O–H groups in total. The minimum atomic E-state index is -4.60. The van der Waals surface area contributed by atoms with Crippen molar-refractivity contribution in [3.05, 3.63) is 88.5 Å². The zero-order chi connectivity index (χ0) is 23.7. The molecule has 5 nitrogen and oxygen atoms in total. The number of primary sulfonamides is 1. The number of carbonyl (C=O) groups excluding carboxylic acids is 2. The number of benzene rings is 3. The third kappa shape index (κ3) is 4.95. The molecule has 0 aliphatic heterocycles. The van der Waals surface area contributed by atoms with Gasteiger partial charge in [0.2, 0.25) is 10.0 Å². The fourth-order valence-electron chi connectivity index (χ4n) is 3.47. The number of ketones is 1. The minimum absolute atomic E-state index is 0.0479. The molecule has 0 aliphatic rings. The van der Waals surface area contributed by atoms with Crippen LogP contribution < -0.4 is 5.14 Å². The van der Waals surface area contributed by atoms with E-state index in [1.165, 1.54) is 54.6 Å². The average molecular weight is 461 g/mol. The molecule has 9 heteroatoms. The molecule has 0 radical (unpaired) electrons. The Morgan fingerprint density at radius 3 is 2.28 bits per heavy atom. The molecule has 0 spiro atoms. The first-order valence-corrected chi connectivity index (χ1v) is 10.9. The number of aldehydes is 1. The van der Waals surface area contributed by atoms with Crippen LogP contribution in [0.3, 0.4) is 0 Å². The van der Waals surface area contributed by atoms with Gasteiger partial charge in [-0.05, 0) is 47.4 Å². The summed E-state index contributed by atoms with van der Waals surface area (Å²) < 4.78 is 63.1. The maximum Gasteiger partial charge on any atom is 0.417 e. The highest BCUT2D eigenvalue weighted by Crippen LogP contribution is 2.38. The summed E-state index contributed by atoms with van der Waals surface area (Å²) in [4.78, 5) is 24.3. The molecule has 0 fully saturated rings. The number of halogens is 3. The number of hydrogen-bond donors (Lipinski definition) is 1. The first-order chi connectivity index (χ1) is 14.9. The average Bonchev–Trinajstić information content (AvgIpc) is 2.71. The fourth-order valence-corrected chi connectivity index (χ4v) is 4.24. The lowest BCUT2D eigenvalue weighted by Crippen LogP contribution is -2.14. The zero-order valence-electron chi connectivity index (χ0n) is 16.8. The Morgan fingerprint density at radius 2 is 1.69 bits per heavy atom. The summed E-state index contributed by atoms with van der Waals surface area (Å²) in [6.45, 7) is 1.55. The van der Waals surface area contributed by atoms with Gasteiger partial charge in [0.25, 0.3) is 0 Å². The Bertz CT molecular complexity index is 1320. The van der Waals surface area contributed by atoms with Gasteiger partial charge in [-0.2, -0.15) is 13.2 Å². The summed E-state index contributed by atoms with van der Waals surface area (Å²) in [5, 5.41) is 5.13. The predicted molar refractivity (Wildman–Crippen MR) is 113 cm³/mol. The Balaban J connectivity index is 1.94. The lowest BCUT2D eigenvalue weighted by atomic mass is 9.92. The van der Waals surface area contributed by atoms with E-state index in [0.717, 1.165) is 6.07 Å². The number of hydrogen-bond acceptors (Lipinski definition) is 4. The predicted octanol–water partition coefficient (Wildman–Crippen LogP) is 4.57. The van der Waals surface area contributed by atoms with E-state index in [1.54, 1.807) is 6.92 Å². The van der Waals surface area contributed by atoms with Crippen molar-refractivity contribution >= 4 is 22.1 Å². The van der Waals surface area contributed by atoms with Crippen molar-refractivity contribution in [2.24, 2.45) is 5.14 Å². The molecular weight excluding hydrogens is 443 g/mol. The molecule has 0 atom stereocenters. The first-order valence-electron chi connectivity index (χ1n) is 9.33. The molecule has 0 unspecified atom stereocenters. The van der Waals surface area contributed by atoms with Crippen LogP contribution in [0.1, 0.15) is 37.4 Å². The van der Waals surface area contributed by atoms with Gasteiger partial charge in [-0.25, -0.2) is 13.6 Å². The molecule has 166 valence electrons. The van der Waals surface area contributed by atoms with Gasteiger partial charge >= 0.3 is 6.18 Å². The topological polar surface area (TPSA) is 94.3 Å². The van der Waals surface area contributed by atoms with Gasteiger partial charge in [-0.1, -0.05) is 42.5 Å². The van der Waals surface area contributed by atoms with Crippen LogP contribution in [0, 0.1) is 6.92 Å². The number of rotatable bonds is 6. The molecule has 32 heavy (non-hydrogen) atoms. The maximum atomic E-state index is 13.4. The highest BCUT2D eigenvalue weighted by Gasteiger charge is 2.33. The van der Waals surface area contributed by atoms with Crippen LogP contribution in [0.25, 0.3) is 11.1 Å². The van der Waals surface area contributed by atoms with Crippen molar-refractivity contribution in [1.82, 2.24) is 0 Å². The van der Waals surface area contributed by atoms with E-state index in [4.69, 9.17) is 5.14 Å². The van der Waals surface area contributed by atoms with Gasteiger partial charge in [-0.15, -0.1) is 0 Å². The van der Waals surface area contributed by atoms with Crippen LogP contribution >= 0.6 is 0 Å². The molecule has 0 amide bonds. The van der Waals surface area contributed by atoms with E-state index in [1.807, 2.05) is 0 Å². The number of nitrogens with two attached hydrogens (primary N) is 1. The van der Waals surface area contributed by atoms with Gasteiger partial charge in [0, 0.05) is 17.5 Å². The second-order valence-electron chi connectivity index (χ2n) is 7.21. The normalized spacial score (nSPS) is 11.9. The summed E-state index contributed by atoms with van der Waals surface area (Å²) in [5.41, 5.74) is 0.0343. The molecule has 0 aromatic heterocycles. The molecular formula is C23H18F3NO4S. The number of carbonyl (C=O) groups is 2. The SMILES string of the molecule is Cc1cc(CC(=O)c2ccc(-c3ccccc3C(F)(F)F)c(C=O)c2)ccc1S(N)(=O)=O. The number of aryl methyl sites for hydroxylation is 1. The Hall–Kier alpha value is -3.30. The molecule has 0 bridgehead atoms. The highest BCUT2D eigenvalue weighted by molar-refractivity contribution is 7.89. The first kappa shape index (κ1) is 23.4. The summed E-state index contributed by atoms with van der Waals surface area (Å²) in [5.74, 6) is -0.383. The molecule has 0 aliphatic carbocycles. The van der Waals surface area contributed by atoms with Crippen LogP contribution in [0.2, 0.25) is 0 Å². The lowest BCUT2D eigenvalue weighted by Gasteiger charge is -2.15. The standard InChI is InChI=1S/C23H18F3NO4S/c1-14-10-15(6-9-22(14)32(27,30)31)11-21(29)16-7-8-18(17(12-16)13-28)19-4-2-3-5-20(19)23(24,25)26/h2-10,12-13H,11H2,1H3,(H2,27,30,31). The van der Waals surface area contributed by atoms with E-state index >= 15 is 0 Å². The van der Waals surface area contributed by atoms with Crippen LogP contribution in [-0.4, -0.2) is 20.5 Å². The summed E-state index contributed by atoms with van der Waals surface area (Å²) in [6, 6.07) is 13.1. The van der Waals surface area contributed by atoms with Crippen LogP contribution in [0.4, 0.5) is 13.2 Å². The van der Waals surface area contributed by atoms with Crippen molar-refractivity contribution in [1.29, 1.82) is 0 Å². The van der Waals surface area contributed by atoms with Gasteiger partial charge in [0.15, 0.2) is 12.1 Å². The van der Waals surface area contributed by atoms with Gasteiger partial charge in [-0.3, -0.25) is 9.59 Å². The van der Waals surface area contributed by atoms with Gasteiger partial charge in [0.05, 0.1) is 10.5 Å². The smallest absolute Gasteiger partial charge is 0.298 e. The second-order valence-corrected chi connectivity index (χ2v) is 8.74. The number of Topliss-reactive ketones (excluding diaryl/α,β-unsaturated/α-hetero) is 1. The van der Waals surface area contributed by atoms with Crippen LogP contribution in [0.5, 0.6) is 0 Å². The molecule has 3 aromatic rings. The van der Waals surface area contributed by atoms with E-state index in [9.17, 15) is 31.2 Å². The minimum Gasteiger partial charge on any atom is -0.298 e. The molecule has 0 saturated heterocycles. The number of sulfonamides is 1. The quantitative estimate of drug-likeness (QED) is 0.430. The van der Waals surface area contributed by atoms with E-state index in [0.29, 0.717) is 17.4 Å². The van der Waals surface area contributed by atoms with Crippen molar-refractivity contribution in [2.45, 2.75) is 24.4 Å². The molecule has 0 heterocycles.